The highest BCUT2D eigenvalue weighted by Crippen LogP contribution is 2.32. The number of hydrogen-bond acceptors (Lipinski definition) is 3. The molecule has 1 saturated heterocycles. The summed E-state index contributed by atoms with van der Waals surface area (Å²) in [5.74, 6) is 0.823. The summed E-state index contributed by atoms with van der Waals surface area (Å²) < 4.78 is 0. The summed E-state index contributed by atoms with van der Waals surface area (Å²) in [6.07, 6.45) is 1.12. The van der Waals surface area contributed by atoms with Gasteiger partial charge < -0.3 is 15.7 Å². The van der Waals surface area contributed by atoms with Gasteiger partial charge in [0.25, 0.3) is 0 Å². The van der Waals surface area contributed by atoms with Crippen molar-refractivity contribution in [3.05, 3.63) is 29.8 Å². The van der Waals surface area contributed by atoms with Gasteiger partial charge in [-0.25, -0.2) is 0 Å². The first-order valence-corrected chi connectivity index (χ1v) is 5.85. The van der Waals surface area contributed by atoms with Crippen LogP contribution in [0.3, 0.4) is 0 Å². The van der Waals surface area contributed by atoms with E-state index in [4.69, 9.17) is 5.73 Å². The largest absolute Gasteiger partial charge is 0.399 e. The molecule has 0 radical (unpaired) electrons. The number of nitrogen functional groups attached to an aromatic ring is 1. The van der Waals surface area contributed by atoms with Gasteiger partial charge >= 0.3 is 0 Å². The molecule has 1 aromatic carbocycles. The minimum atomic E-state index is 0.263. The maximum absolute atomic E-state index is 9.44. The lowest BCUT2D eigenvalue weighted by molar-refractivity contribution is 0.118. The number of nitrogens with two attached hydrogens (primary N) is 1. The highest BCUT2D eigenvalue weighted by atomic mass is 16.3. The number of aliphatic hydroxyl groups is 1. The topological polar surface area (TPSA) is 49.5 Å². The molecular formula is C13H20N2O. The van der Waals surface area contributed by atoms with E-state index in [1.165, 1.54) is 5.56 Å². The Labute approximate surface area is 96.9 Å². The van der Waals surface area contributed by atoms with E-state index >= 15 is 0 Å². The van der Waals surface area contributed by atoms with Crippen molar-refractivity contribution in [3.8, 4) is 0 Å². The smallest absolute Gasteiger partial charge is 0.0477 e. The van der Waals surface area contributed by atoms with Crippen molar-refractivity contribution < 1.29 is 5.11 Å². The van der Waals surface area contributed by atoms with Crippen LogP contribution in [0.5, 0.6) is 0 Å². The molecule has 0 saturated carbocycles. The Bertz CT molecular complexity index is 336. The van der Waals surface area contributed by atoms with Crippen molar-refractivity contribution in [1.82, 2.24) is 4.90 Å². The van der Waals surface area contributed by atoms with Gasteiger partial charge in [0, 0.05) is 24.8 Å². The van der Waals surface area contributed by atoms with Crippen LogP contribution in [-0.2, 0) is 0 Å². The van der Waals surface area contributed by atoms with Crippen molar-refractivity contribution in [2.75, 3.05) is 32.5 Å². The zero-order valence-electron chi connectivity index (χ0n) is 9.76. The molecule has 3 N–H and O–H groups in total. The second-order valence-electron chi connectivity index (χ2n) is 4.77. The molecular weight excluding hydrogens is 200 g/mol. The Balaban J connectivity index is 2.15. The molecule has 1 aliphatic heterocycles. The summed E-state index contributed by atoms with van der Waals surface area (Å²) in [5, 5.41) is 9.44. The quantitative estimate of drug-likeness (QED) is 0.739. The van der Waals surface area contributed by atoms with Crippen LogP contribution in [0.25, 0.3) is 0 Å². The number of likely N-dealkylation sites (tertiary alicyclic amines) is 1. The van der Waals surface area contributed by atoms with E-state index in [0.29, 0.717) is 11.8 Å². The highest BCUT2D eigenvalue weighted by molar-refractivity contribution is 5.40. The molecule has 1 aromatic rings. The van der Waals surface area contributed by atoms with Crippen LogP contribution in [0, 0.1) is 5.92 Å². The van der Waals surface area contributed by atoms with Gasteiger partial charge in [0.05, 0.1) is 0 Å². The maximum atomic E-state index is 9.44. The van der Waals surface area contributed by atoms with Gasteiger partial charge in [-0.2, -0.15) is 0 Å². The fraction of sp³-hybridized carbons (Fsp3) is 0.538. The molecule has 0 amide bonds. The molecule has 88 valence electrons. The van der Waals surface area contributed by atoms with Gasteiger partial charge in [0.15, 0.2) is 0 Å². The third-order valence-corrected chi connectivity index (χ3v) is 3.54. The molecule has 1 fully saturated rings. The third-order valence-electron chi connectivity index (χ3n) is 3.54. The Morgan fingerprint density at radius 1 is 1.38 bits per heavy atom. The predicted octanol–water partition coefficient (Wildman–Crippen LogP) is 1.30. The normalized spacial score (nSPS) is 26.9. The molecule has 3 heteroatoms. The molecule has 0 bridgehead atoms. The van der Waals surface area contributed by atoms with Crippen LogP contribution >= 0.6 is 0 Å². The van der Waals surface area contributed by atoms with Crippen molar-refractivity contribution >= 4 is 5.69 Å². The molecule has 0 spiro atoms. The number of benzene rings is 1. The molecule has 0 aromatic heterocycles. The predicted molar refractivity (Wildman–Crippen MR) is 66.3 cm³/mol. The molecule has 2 atom stereocenters. The van der Waals surface area contributed by atoms with E-state index in [2.05, 4.69) is 24.1 Å². The molecule has 16 heavy (non-hydrogen) atoms. The van der Waals surface area contributed by atoms with E-state index < -0.39 is 0 Å². The molecule has 1 aliphatic rings. The van der Waals surface area contributed by atoms with Crippen molar-refractivity contribution in [1.29, 1.82) is 0 Å². The Morgan fingerprint density at radius 3 is 2.69 bits per heavy atom. The molecule has 0 aliphatic carbocycles. The number of anilines is 1. The number of piperidine rings is 1. The van der Waals surface area contributed by atoms with Crippen molar-refractivity contribution in [2.45, 2.75) is 12.3 Å². The fourth-order valence-corrected chi connectivity index (χ4v) is 2.58. The van der Waals surface area contributed by atoms with Crippen LogP contribution in [0.4, 0.5) is 5.69 Å². The molecule has 2 rings (SSSR count). The molecule has 3 nitrogen and oxygen atoms in total. The number of hydrogen-bond donors (Lipinski definition) is 2. The summed E-state index contributed by atoms with van der Waals surface area (Å²) in [4.78, 5) is 2.29. The van der Waals surface area contributed by atoms with Crippen LogP contribution in [0.15, 0.2) is 24.3 Å². The van der Waals surface area contributed by atoms with Crippen molar-refractivity contribution in [2.24, 2.45) is 5.92 Å². The van der Waals surface area contributed by atoms with E-state index in [0.717, 1.165) is 25.2 Å². The minimum Gasteiger partial charge on any atom is -0.399 e. The lowest BCUT2D eigenvalue weighted by atomic mass is 9.81. The Morgan fingerprint density at radius 2 is 2.06 bits per heavy atom. The highest BCUT2D eigenvalue weighted by Gasteiger charge is 2.28. The van der Waals surface area contributed by atoms with Gasteiger partial charge in [-0.1, -0.05) is 12.1 Å². The average Bonchev–Trinajstić information content (AvgIpc) is 2.30. The summed E-state index contributed by atoms with van der Waals surface area (Å²) in [7, 11) is 2.11. The zero-order valence-corrected chi connectivity index (χ0v) is 9.76. The SMILES string of the molecule is CN1CCC(c2ccc(N)cc2)C(CO)C1. The van der Waals surface area contributed by atoms with Gasteiger partial charge in [0.1, 0.15) is 0 Å². The number of nitrogens with zero attached hydrogens (tertiary/aromatic N) is 1. The van der Waals surface area contributed by atoms with Crippen molar-refractivity contribution in [3.63, 3.8) is 0 Å². The summed E-state index contributed by atoms with van der Waals surface area (Å²) in [6.45, 7) is 2.34. The van der Waals surface area contributed by atoms with E-state index in [1.54, 1.807) is 0 Å². The Hall–Kier alpha value is -1.06. The molecule has 2 unspecified atom stereocenters. The van der Waals surface area contributed by atoms with Crippen LogP contribution in [0.2, 0.25) is 0 Å². The van der Waals surface area contributed by atoms with Gasteiger partial charge in [-0.05, 0) is 43.6 Å². The first kappa shape index (κ1) is 11.4. The second kappa shape index (κ2) is 4.85. The monoisotopic (exact) mass is 220 g/mol. The van der Waals surface area contributed by atoms with E-state index in [-0.39, 0.29) is 6.61 Å². The lowest BCUT2D eigenvalue weighted by Gasteiger charge is -2.36. The van der Waals surface area contributed by atoms with Gasteiger partial charge in [-0.3, -0.25) is 0 Å². The van der Waals surface area contributed by atoms with Crippen LogP contribution in [0.1, 0.15) is 17.9 Å². The van der Waals surface area contributed by atoms with E-state index in [9.17, 15) is 5.11 Å². The third kappa shape index (κ3) is 2.36. The summed E-state index contributed by atoms with van der Waals surface area (Å²) in [6, 6.07) is 8.08. The second-order valence-corrected chi connectivity index (χ2v) is 4.77. The standard InChI is InChI=1S/C13H20N2O/c1-15-7-6-13(11(8-15)9-16)10-2-4-12(14)5-3-10/h2-5,11,13,16H,6-9,14H2,1H3. The summed E-state index contributed by atoms with van der Waals surface area (Å²) in [5.41, 5.74) is 7.80. The first-order chi connectivity index (χ1) is 7.70. The van der Waals surface area contributed by atoms with Gasteiger partial charge in [-0.15, -0.1) is 0 Å². The zero-order chi connectivity index (χ0) is 11.5. The van der Waals surface area contributed by atoms with Gasteiger partial charge in [0.2, 0.25) is 0 Å². The number of rotatable bonds is 2. The maximum Gasteiger partial charge on any atom is 0.0477 e. The fourth-order valence-electron chi connectivity index (χ4n) is 2.58. The lowest BCUT2D eigenvalue weighted by Crippen LogP contribution is -2.38. The summed E-state index contributed by atoms with van der Waals surface area (Å²) >= 11 is 0. The average molecular weight is 220 g/mol. The number of aliphatic hydroxyl groups excluding tert-OH is 1. The first-order valence-electron chi connectivity index (χ1n) is 5.85. The van der Waals surface area contributed by atoms with E-state index in [1.807, 2.05) is 12.1 Å². The van der Waals surface area contributed by atoms with Crippen LogP contribution < -0.4 is 5.73 Å². The van der Waals surface area contributed by atoms with Crippen LogP contribution in [-0.4, -0.2) is 36.8 Å². The Kier molecular flexibility index (Phi) is 3.46. The minimum absolute atomic E-state index is 0.263. The molecule has 1 heterocycles.